The van der Waals surface area contributed by atoms with Crippen molar-refractivity contribution >= 4 is 28.4 Å². The highest BCUT2D eigenvalue weighted by atomic mass is 19.1. The number of amides is 3. The van der Waals surface area contributed by atoms with Gasteiger partial charge in [0.2, 0.25) is 5.88 Å². The Labute approximate surface area is 253 Å². The van der Waals surface area contributed by atoms with Gasteiger partial charge in [0.15, 0.2) is 0 Å². The lowest BCUT2D eigenvalue weighted by Gasteiger charge is -2.37. The SMILES string of the molecule is C[C@H](CO)N1C[C@H](C)[C@H](CN(C)C(=O)Nc2cccc3ccccc23)Oc2ncc(C#Cc3ccc(F)cc3)cc2C1=O.[HH].[HH]. The molecule has 9 heteroatoms. The second-order valence-electron chi connectivity index (χ2n) is 10.8. The number of likely N-dealkylation sites (N-methyl/N-ethyl adjacent to an activating group) is 1. The number of benzene rings is 3. The molecule has 2 N–H and O–H groups in total. The van der Waals surface area contributed by atoms with Crippen LogP contribution in [0.25, 0.3) is 10.8 Å². The van der Waals surface area contributed by atoms with Crippen molar-refractivity contribution in [2.45, 2.75) is 26.0 Å². The highest BCUT2D eigenvalue weighted by molar-refractivity contribution is 6.01. The number of ether oxygens (including phenoxy) is 1. The van der Waals surface area contributed by atoms with Gasteiger partial charge in [-0.05, 0) is 48.7 Å². The molecule has 0 saturated carbocycles. The van der Waals surface area contributed by atoms with Crippen LogP contribution in [0.4, 0.5) is 14.9 Å². The number of aliphatic hydroxyl groups excluding tert-OH is 1. The van der Waals surface area contributed by atoms with Gasteiger partial charge in [-0.1, -0.05) is 55.2 Å². The van der Waals surface area contributed by atoms with Gasteiger partial charge in [-0.25, -0.2) is 14.2 Å². The van der Waals surface area contributed by atoms with E-state index in [4.69, 9.17) is 4.74 Å². The van der Waals surface area contributed by atoms with Crippen LogP contribution in [0.1, 0.15) is 38.2 Å². The Hall–Kier alpha value is -4.94. The molecule has 2 heterocycles. The number of aliphatic hydroxyl groups is 1. The van der Waals surface area contributed by atoms with Crippen LogP contribution >= 0.6 is 0 Å². The molecule has 0 bridgehead atoms. The summed E-state index contributed by atoms with van der Waals surface area (Å²) >= 11 is 0. The molecule has 4 aromatic rings. The largest absolute Gasteiger partial charge is 0.472 e. The van der Waals surface area contributed by atoms with Crippen LogP contribution in [0.5, 0.6) is 5.88 Å². The lowest BCUT2D eigenvalue weighted by molar-refractivity contribution is 0.0356. The standard InChI is InChI=1S/C34H33FN4O4.2H2/c1-22-19-39(23(2)21-40)33(41)29-17-25(12-11-24-13-15-27(35)16-14-24)18-36-32(29)43-31(22)20-38(3)34(42)37-30-10-6-8-26-7-4-5-9-28(26)30;;/h4-10,13-18,22-23,31,40H,19-21H2,1-3H3,(H,37,42);2*1H/t22-,23+,31-;;/m0../s1. The maximum Gasteiger partial charge on any atom is 0.321 e. The molecule has 224 valence electrons. The van der Waals surface area contributed by atoms with Gasteiger partial charge in [0.1, 0.15) is 17.5 Å². The van der Waals surface area contributed by atoms with Gasteiger partial charge in [0, 0.05) is 45.1 Å². The average molecular weight is 585 g/mol. The van der Waals surface area contributed by atoms with E-state index in [-0.39, 0.29) is 51.1 Å². The molecule has 0 saturated heterocycles. The lowest BCUT2D eigenvalue weighted by Crippen LogP contribution is -2.50. The van der Waals surface area contributed by atoms with Gasteiger partial charge in [-0.2, -0.15) is 0 Å². The number of fused-ring (bicyclic) bond motifs is 2. The zero-order valence-corrected chi connectivity index (χ0v) is 24.3. The molecule has 1 aliphatic heterocycles. The number of aromatic nitrogens is 1. The van der Waals surface area contributed by atoms with Crippen molar-refractivity contribution in [2.24, 2.45) is 5.92 Å². The van der Waals surface area contributed by atoms with Gasteiger partial charge in [-0.15, -0.1) is 0 Å². The molecule has 1 aromatic heterocycles. The van der Waals surface area contributed by atoms with Crippen LogP contribution in [0.15, 0.2) is 79.0 Å². The minimum atomic E-state index is -0.507. The molecule has 0 spiro atoms. The first-order valence-corrected chi connectivity index (χ1v) is 14.1. The quantitative estimate of drug-likeness (QED) is 0.296. The van der Waals surface area contributed by atoms with Gasteiger partial charge < -0.3 is 25.0 Å². The summed E-state index contributed by atoms with van der Waals surface area (Å²) < 4.78 is 19.6. The number of urea groups is 1. The number of pyridine rings is 1. The number of rotatable bonds is 5. The molecule has 1 aliphatic rings. The fourth-order valence-electron chi connectivity index (χ4n) is 4.96. The summed E-state index contributed by atoms with van der Waals surface area (Å²) in [5.74, 6) is 5.18. The molecule has 0 radical (unpaired) electrons. The second kappa shape index (κ2) is 12.9. The van der Waals surface area contributed by atoms with Crippen molar-refractivity contribution in [3.63, 3.8) is 0 Å². The first kappa shape index (κ1) is 29.5. The monoisotopic (exact) mass is 584 g/mol. The molecule has 3 aromatic carbocycles. The maximum atomic E-state index is 13.7. The van der Waals surface area contributed by atoms with E-state index >= 15 is 0 Å². The maximum absolute atomic E-state index is 13.7. The normalized spacial score (nSPS) is 17.0. The van der Waals surface area contributed by atoms with Crippen LogP contribution in [0.2, 0.25) is 0 Å². The average Bonchev–Trinajstić information content (AvgIpc) is 3.02. The van der Waals surface area contributed by atoms with Crippen LogP contribution in [0, 0.1) is 23.6 Å². The molecular formula is C34H37FN4O4. The molecular weight excluding hydrogens is 547 g/mol. The number of anilines is 1. The molecule has 5 rings (SSSR count). The molecule has 8 nitrogen and oxygen atoms in total. The van der Waals surface area contributed by atoms with Crippen molar-refractivity contribution in [1.82, 2.24) is 14.8 Å². The summed E-state index contributed by atoms with van der Waals surface area (Å²) in [5.41, 5.74) is 2.01. The smallest absolute Gasteiger partial charge is 0.321 e. The summed E-state index contributed by atoms with van der Waals surface area (Å²) in [7, 11) is 1.69. The lowest BCUT2D eigenvalue weighted by atomic mass is 10.00. The van der Waals surface area contributed by atoms with E-state index in [0.29, 0.717) is 23.4 Å². The highest BCUT2D eigenvalue weighted by Gasteiger charge is 2.34. The van der Waals surface area contributed by atoms with Crippen molar-refractivity contribution in [3.05, 3.63) is 102 Å². The molecule has 43 heavy (non-hydrogen) atoms. The number of hydrogen-bond donors (Lipinski definition) is 2. The van der Waals surface area contributed by atoms with E-state index in [1.807, 2.05) is 49.4 Å². The minimum absolute atomic E-state index is 0. The fraction of sp³-hybridized carbons (Fsp3) is 0.265. The third-order valence-electron chi connectivity index (χ3n) is 7.55. The van der Waals surface area contributed by atoms with Gasteiger partial charge in [-0.3, -0.25) is 4.79 Å². The van der Waals surface area contributed by atoms with Crippen LogP contribution < -0.4 is 10.1 Å². The highest BCUT2D eigenvalue weighted by Crippen LogP contribution is 2.28. The van der Waals surface area contributed by atoms with E-state index in [2.05, 4.69) is 22.1 Å². The van der Waals surface area contributed by atoms with Crippen molar-refractivity contribution in [1.29, 1.82) is 0 Å². The molecule has 0 fully saturated rings. The van der Waals surface area contributed by atoms with E-state index in [1.165, 1.54) is 18.3 Å². The Bertz CT molecular complexity index is 1710. The Morgan fingerprint density at radius 1 is 1.16 bits per heavy atom. The Kier molecular flexibility index (Phi) is 8.88. The second-order valence-corrected chi connectivity index (χ2v) is 10.8. The van der Waals surface area contributed by atoms with Crippen LogP contribution in [-0.2, 0) is 0 Å². The Morgan fingerprint density at radius 2 is 1.88 bits per heavy atom. The number of halogens is 1. The minimum Gasteiger partial charge on any atom is -0.472 e. The Balaban J connectivity index is 0.00000276. The van der Waals surface area contributed by atoms with Crippen molar-refractivity contribution in [3.8, 4) is 17.7 Å². The number of nitrogens with one attached hydrogen (secondary N) is 1. The third kappa shape index (κ3) is 6.76. The van der Waals surface area contributed by atoms with E-state index in [1.54, 1.807) is 42.0 Å². The zero-order valence-electron chi connectivity index (χ0n) is 24.3. The molecule has 3 atom stereocenters. The van der Waals surface area contributed by atoms with Crippen LogP contribution in [0.3, 0.4) is 0 Å². The number of nitrogens with zero attached hydrogens (tertiary/aromatic N) is 3. The fourth-order valence-corrected chi connectivity index (χ4v) is 4.96. The van der Waals surface area contributed by atoms with Gasteiger partial charge >= 0.3 is 6.03 Å². The third-order valence-corrected chi connectivity index (χ3v) is 7.55. The van der Waals surface area contributed by atoms with Crippen molar-refractivity contribution < 1.29 is 26.7 Å². The summed E-state index contributed by atoms with van der Waals surface area (Å²) in [6.45, 7) is 4.02. The first-order chi connectivity index (χ1) is 20.7. The van der Waals surface area contributed by atoms with Gasteiger partial charge in [0.05, 0.1) is 24.9 Å². The Morgan fingerprint density at radius 3 is 2.65 bits per heavy atom. The number of carbonyl (C=O) groups excluding carboxylic acids is 2. The summed E-state index contributed by atoms with van der Waals surface area (Å²) in [6, 6.07) is 20.2. The predicted octanol–water partition coefficient (Wildman–Crippen LogP) is 5.65. The van der Waals surface area contributed by atoms with Crippen molar-refractivity contribution in [2.75, 3.05) is 32.1 Å². The van der Waals surface area contributed by atoms with Gasteiger partial charge in [0.25, 0.3) is 5.91 Å². The molecule has 3 amide bonds. The summed E-state index contributed by atoms with van der Waals surface area (Å²) in [4.78, 5) is 34.5. The van der Waals surface area contributed by atoms with Crippen LogP contribution in [-0.4, -0.2) is 70.7 Å². The van der Waals surface area contributed by atoms with E-state index in [0.717, 1.165) is 10.8 Å². The molecule has 0 unspecified atom stereocenters. The summed E-state index contributed by atoms with van der Waals surface area (Å²) in [6.07, 6.45) is 1.01. The predicted molar refractivity (Wildman–Crippen MR) is 168 cm³/mol. The van der Waals surface area contributed by atoms with E-state index in [9.17, 15) is 19.1 Å². The first-order valence-electron chi connectivity index (χ1n) is 14.1. The topological polar surface area (TPSA) is 95.0 Å². The molecule has 0 aliphatic carbocycles. The summed E-state index contributed by atoms with van der Waals surface area (Å²) in [5, 5.41) is 14.9. The zero-order chi connectivity index (χ0) is 30.5. The van der Waals surface area contributed by atoms with E-state index < -0.39 is 12.1 Å². The number of hydrogen-bond acceptors (Lipinski definition) is 5. The number of carbonyl (C=O) groups is 2.